The molecule has 0 saturated heterocycles. The van der Waals surface area contributed by atoms with E-state index in [0.717, 1.165) is 11.4 Å². The Morgan fingerprint density at radius 2 is 2.50 bits per heavy atom. The predicted molar refractivity (Wildman–Crippen MR) is 75.3 cm³/mol. The van der Waals surface area contributed by atoms with Crippen molar-refractivity contribution in [1.82, 2.24) is 14.8 Å². The highest BCUT2D eigenvalue weighted by molar-refractivity contribution is 14.1. The number of ether oxygens (including phenoxy) is 1. The summed E-state index contributed by atoms with van der Waals surface area (Å²) in [6.07, 6.45) is 0. The maximum atomic E-state index is 5.18. The van der Waals surface area contributed by atoms with Gasteiger partial charge in [0, 0.05) is 18.1 Å². The Morgan fingerprint density at radius 3 is 3.12 bits per heavy atom. The molecule has 7 heteroatoms. The molecule has 0 fully saturated rings. The molecule has 0 aliphatic rings. The Balaban J connectivity index is 2.37. The largest absolute Gasteiger partial charge is 0.383 e. The maximum absolute atomic E-state index is 5.18. The van der Waals surface area contributed by atoms with E-state index in [9.17, 15) is 0 Å². The molecule has 2 aromatic heterocycles. The van der Waals surface area contributed by atoms with Gasteiger partial charge in [0.25, 0.3) is 0 Å². The van der Waals surface area contributed by atoms with Gasteiger partial charge in [0.05, 0.1) is 16.0 Å². The van der Waals surface area contributed by atoms with E-state index < -0.39 is 0 Å². The van der Waals surface area contributed by atoms with Crippen molar-refractivity contribution in [2.45, 2.75) is 6.54 Å². The van der Waals surface area contributed by atoms with Crippen molar-refractivity contribution in [2.24, 2.45) is 0 Å². The smallest absolute Gasteiger partial charge is 0.195 e. The van der Waals surface area contributed by atoms with Crippen LogP contribution in [0.2, 0.25) is 0 Å². The molecule has 0 amide bonds. The molecular weight excluding hydrogens is 357 g/mol. The van der Waals surface area contributed by atoms with Crippen LogP contribution in [-0.2, 0) is 11.3 Å². The second-order valence-corrected chi connectivity index (χ2v) is 6.33. The molecule has 2 aromatic rings. The van der Waals surface area contributed by atoms with E-state index in [-0.39, 0.29) is 0 Å². The third-order valence-electron chi connectivity index (χ3n) is 2.10. The second-order valence-electron chi connectivity index (χ2n) is 3.14. The number of thiophene rings is 1. The number of nitrogens with one attached hydrogen (secondary N) is 1. The van der Waals surface area contributed by atoms with Crippen molar-refractivity contribution >= 4 is 46.1 Å². The average molecular weight is 367 g/mol. The Bertz CT molecular complexity index is 531. The van der Waals surface area contributed by atoms with Crippen molar-refractivity contribution in [3.05, 3.63) is 19.1 Å². The molecular formula is C9H10IN3OS2. The highest BCUT2D eigenvalue weighted by Gasteiger charge is 2.09. The quantitative estimate of drug-likeness (QED) is 0.668. The molecule has 0 bridgehead atoms. The summed E-state index contributed by atoms with van der Waals surface area (Å²) in [4.78, 5) is 0. The van der Waals surface area contributed by atoms with Crippen LogP contribution in [-0.4, -0.2) is 28.5 Å². The summed E-state index contributed by atoms with van der Waals surface area (Å²) in [7, 11) is 1.68. The highest BCUT2D eigenvalue weighted by atomic mass is 127. The topological polar surface area (TPSA) is 42.8 Å². The first kappa shape index (κ1) is 12.2. The minimum atomic E-state index is 0.627. The molecule has 0 atom stereocenters. The molecule has 0 spiro atoms. The van der Waals surface area contributed by atoms with E-state index in [2.05, 4.69) is 44.2 Å². The van der Waals surface area contributed by atoms with Gasteiger partial charge in [0.15, 0.2) is 10.6 Å². The molecule has 2 rings (SSSR count). The first-order chi connectivity index (χ1) is 7.72. The number of hydrogen-bond acceptors (Lipinski definition) is 4. The Hall–Kier alpha value is -0.250. The zero-order chi connectivity index (χ0) is 11.5. The minimum Gasteiger partial charge on any atom is -0.383 e. The SMILES string of the molecule is COCCn1c(-c2csc(I)c2)n[nH]c1=S. The predicted octanol–water partition coefficient (Wildman–Crippen LogP) is 2.92. The Kier molecular flexibility index (Phi) is 4.11. The summed E-state index contributed by atoms with van der Waals surface area (Å²) in [5.74, 6) is 0.876. The van der Waals surface area contributed by atoms with Crippen LogP contribution in [0.25, 0.3) is 11.4 Å². The number of aromatic nitrogens is 3. The van der Waals surface area contributed by atoms with Gasteiger partial charge in [-0.05, 0) is 40.9 Å². The van der Waals surface area contributed by atoms with E-state index >= 15 is 0 Å². The first-order valence-electron chi connectivity index (χ1n) is 4.61. The van der Waals surface area contributed by atoms with Crippen LogP contribution in [0.4, 0.5) is 0 Å². The summed E-state index contributed by atoms with van der Waals surface area (Å²) in [5.41, 5.74) is 1.10. The van der Waals surface area contributed by atoms with Crippen LogP contribution in [0.15, 0.2) is 11.4 Å². The number of methoxy groups -OCH3 is 1. The summed E-state index contributed by atoms with van der Waals surface area (Å²) in [5, 5.41) is 9.14. The monoisotopic (exact) mass is 367 g/mol. The molecule has 1 N–H and O–H groups in total. The molecule has 0 unspecified atom stereocenters. The fourth-order valence-corrected chi connectivity index (χ4v) is 2.90. The van der Waals surface area contributed by atoms with Crippen LogP contribution in [0.3, 0.4) is 0 Å². The van der Waals surface area contributed by atoms with E-state index in [0.29, 0.717) is 17.9 Å². The van der Waals surface area contributed by atoms with Gasteiger partial charge in [-0.25, -0.2) is 0 Å². The normalized spacial score (nSPS) is 10.9. The number of rotatable bonds is 4. The molecule has 86 valence electrons. The standard InChI is InChI=1S/C9H10IN3OS2/c1-14-3-2-13-8(11-12-9(13)15)6-4-7(10)16-5-6/h4-5H,2-3H2,1H3,(H,12,15). The van der Waals surface area contributed by atoms with Gasteiger partial charge in [0.1, 0.15) is 0 Å². The molecule has 0 radical (unpaired) electrons. The summed E-state index contributed by atoms with van der Waals surface area (Å²) in [6, 6.07) is 2.10. The second kappa shape index (κ2) is 5.39. The molecule has 0 aliphatic heterocycles. The van der Waals surface area contributed by atoms with Crippen LogP contribution in [0, 0.1) is 7.65 Å². The zero-order valence-electron chi connectivity index (χ0n) is 8.57. The van der Waals surface area contributed by atoms with Gasteiger partial charge in [-0.15, -0.1) is 11.3 Å². The molecule has 4 nitrogen and oxygen atoms in total. The van der Waals surface area contributed by atoms with Crippen molar-refractivity contribution < 1.29 is 4.74 Å². The molecule has 16 heavy (non-hydrogen) atoms. The molecule has 0 aromatic carbocycles. The fraction of sp³-hybridized carbons (Fsp3) is 0.333. The van der Waals surface area contributed by atoms with Crippen molar-refractivity contribution in [2.75, 3.05) is 13.7 Å². The minimum absolute atomic E-state index is 0.627. The van der Waals surface area contributed by atoms with E-state index in [1.807, 2.05) is 4.57 Å². The third kappa shape index (κ3) is 2.53. The van der Waals surface area contributed by atoms with Crippen LogP contribution in [0.5, 0.6) is 0 Å². The van der Waals surface area contributed by atoms with Crippen LogP contribution < -0.4 is 0 Å². The van der Waals surface area contributed by atoms with Gasteiger partial charge < -0.3 is 4.74 Å². The highest BCUT2D eigenvalue weighted by Crippen LogP contribution is 2.25. The lowest BCUT2D eigenvalue weighted by Gasteiger charge is -2.03. The van der Waals surface area contributed by atoms with Crippen molar-refractivity contribution in [3.63, 3.8) is 0 Å². The molecule has 2 heterocycles. The molecule has 0 saturated carbocycles. The van der Waals surface area contributed by atoms with E-state index in [4.69, 9.17) is 17.0 Å². The Morgan fingerprint density at radius 1 is 1.69 bits per heavy atom. The zero-order valence-corrected chi connectivity index (χ0v) is 12.4. The van der Waals surface area contributed by atoms with Gasteiger partial charge in [-0.2, -0.15) is 5.10 Å². The van der Waals surface area contributed by atoms with E-state index in [1.165, 1.54) is 2.88 Å². The number of hydrogen-bond donors (Lipinski definition) is 1. The van der Waals surface area contributed by atoms with Gasteiger partial charge >= 0.3 is 0 Å². The number of H-pyrrole nitrogens is 1. The summed E-state index contributed by atoms with van der Waals surface area (Å²) < 4.78 is 8.88. The van der Waals surface area contributed by atoms with Crippen molar-refractivity contribution in [1.29, 1.82) is 0 Å². The van der Waals surface area contributed by atoms with E-state index in [1.54, 1.807) is 18.4 Å². The van der Waals surface area contributed by atoms with Gasteiger partial charge in [-0.1, -0.05) is 0 Å². The first-order valence-corrected chi connectivity index (χ1v) is 6.97. The number of nitrogens with zero attached hydrogens (tertiary/aromatic N) is 2. The Labute approximate surface area is 116 Å². The lowest BCUT2D eigenvalue weighted by Crippen LogP contribution is -2.05. The van der Waals surface area contributed by atoms with Crippen LogP contribution >= 0.6 is 46.1 Å². The summed E-state index contributed by atoms with van der Waals surface area (Å²) >= 11 is 9.17. The molecule has 0 aliphatic carbocycles. The summed E-state index contributed by atoms with van der Waals surface area (Å²) in [6.45, 7) is 1.34. The lowest BCUT2D eigenvalue weighted by atomic mass is 10.3. The number of aromatic amines is 1. The van der Waals surface area contributed by atoms with Gasteiger partial charge in [-0.3, -0.25) is 9.67 Å². The maximum Gasteiger partial charge on any atom is 0.195 e. The third-order valence-corrected chi connectivity index (χ3v) is 4.20. The average Bonchev–Trinajstić information content (AvgIpc) is 2.82. The number of halogens is 1. The van der Waals surface area contributed by atoms with Gasteiger partial charge in [0.2, 0.25) is 0 Å². The van der Waals surface area contributed by atoms with Crippen LogP contribution in [0.1, 0.15) is 0 Å². The lowest BCUT2D eigenvalue weighted by molar-refractivity contribution is 0.187. The van der Waals surface area contributed by atoms with Crippen molar-refractivity contribution in [3.8, 4) is 11.4 Å². The fourth-order valence-electron chi connectivity index (χ4n) is 1.36.